The van der Waals surface area contributed by atoms with E-state index >= 15 is 0 Å². The van der Waals surface area contributed by atoms with Crippen LogP contribution in [0.15, 0.2) is 35.1 Å². The number of H-pyrrole nitrogens is 1. The van der Waals surface area contributed by atoms with Crippen molar-refractivity contribution in [2.45, 2.75) is 6.54 Å². The Morgan fingerprint density at radius 1 is 1.04 bits per heavy atom. The van der Waals surface area contributed by atoms with Crippen LogP contribution < -0.4 is 25.5 Å². The Balaban J connectivity index is 2.28. The lowest BCUT2D eigenvalue weighted by atomic mass is 10.1. The van der Waals surface area contributed by atoms with E-state index < -0.39 is 0 Å². The van der Waals surface area contributed by atoms with Gasteiger partial charge < -0.3 is 24.9 Å². The monoisotopic (exact) mass is 341 g/mol. The molecule has 0 fully saturated rings. The van der Waals surface area contributed by atoms with Crippen LogP contribution in [0.5, 0.6) is 17.2 Å². The summed E-state index contributed by atoms with van der Waals surface area (Å²) in [5.74, 6) is 1.58. The molecule has 0 radical (unpaired) electrons. The van der Waals surface area contributed by atoms with Gasteiger partial charge in [0.05, 0.1) is 26.7 Å². The molecule has 0 atom stereocenters. The molecule has 0 bridgehead atoms. The van der Waals surface area contributed by atoms with Crippen molar-refractivity contribution >= 4 is 10.9 Å². The number of ether oxygens (including phenoxy) is 3. The lowest BCUT2D eigenvalue weighted by molar-refractivity contribution is 0.327. The molecule has 0 saturated heterocycles. The minimum atomic E-state index is -0.290. The SMILES string of the molecule is COc1cc2c(=O)[nH]c(-c3ccc(CN)cc3)nc2c(OC)c1OC. The largest absolute Gasteiger partial charge is 0.493 e. The van der Waals surface area contributed by atoms with Crippen LogP contribution in [-0.2, 0) is 6.54 Å². The molecule has 3 aromatic rings. The molecule has 1 heterocycles. The Labute approximate surface area is 144 Å². The molecule has 7 nitrogen and oxygen atoms in total. The number of aromatic nitrogens is 2. The molecule has 3 rings (SSSR count). The van der Waals surface area contributed by atoms with Crippen molar-refractivity contribution in [3.63, 3.8) is 0 Å². The molecular weight excluding hydrogens is 322 g/mol. The minimum Gasteiger partial charge on any atom is -0.493 e. The number of benzene rings is 2. The minimum absolute atomic E-state index is 0.290. The van der Waals surface area contributed by atoms with Gasteiger partial charge in [0.15, 0.2) is 11.5 Å². The standard InChI is InChI=1S/C18H19N3O4/c1-23-13-8-12-14(16(25-3)15(13)24-2)20-17(21-18(12)22)11-6-4-10(9-19)5-7-11/h4-8H,9,19H2,1-3H3,(H,20,21,22). The first-order chi connectivity index (χ1) is 12.1. The third-order valence-corrected chi connectivity index (χ3v) is 3.97. The van der Waals surface area contributed by atoms with E-state index in [1.54, 1.807) is 6.07 Å². The van der Waals surface area contributed by atoms with E-state index in [4.69, 9.17) is 19.9 Å². The maximum absolute atomic E-state index is 12.6. The van der Waals surface area contributed by atoms with E-state index in [-0.39, 0.29) is 5.56 Å². The van der Waals surface area contributed by atoms with E-state index in [1.165, 1.54) is 21.3 Å². The van der Waals surface area contributed by atoms with Gasteiger partial charge in [-0.05, 0) is 11.6 Å². The molecule has 0 aliphatic rings. The summed E-state index contributed by atoms with van der Waals surface area (Å²) < 4.78 is 16.1. The van der Waals surface area contributed by atoms with E-state index in [0.717, 1.165) is 11.1 Å². The van der Waals surface area contributed by atoms with E-state index in [2.05, 4.69) is 9.97 Å². The van der Waals surface area contributed by atoms with Gasteiger partial charge in [-0.3, -0.25) is 4.79 Å². The molecule has 0 aliphatic heterocycles. The molecule has 0 aliphatic carbocycles. The highest BCUT2D eigenvalue weighted by Gasteiger charge is 2.19. The molecule has 2 aromatic carbocycles. The Hall–Kier alpha value is -3.06. The van der Waals surface area contributed by atoms with Crippen molar-refractivity contribution in [3.8, 4) is 28.6 Å². The molecule has 130 valence electrons. The van der Waals surface area contributed by atoms with Gasteiger partial charge in [0.25, 0.3) is 5.56 Å². The van der Waals surface area contributed by atoms with Crippen molar-refractivity contribution in [1.29, 1.82) is 0 Å². The molecule has 0 amide bonds. The molecular formula is C18H19N3O4. The van der Waals surface area contributed by atoms with Crippen LogP contribution in [0.2, 0.25) is 0 Å². The molecule has 25 heavy (non-hydrogen) atoms. The molecule has 0 spiro atoms. The number of hydrogen-bond acceptors (Lipinski definition) is 6. The number of rotatable bonds is 5. The van der Waals surface area contributed by atoms with E-state index in [9.17, 15) is 4.79 Å². The summed E-state index contributed by atoms with van der Waals surface area (Å²) in [5.41, 5.74) is 7.50. The predicted octanol–water partition coefficient (Wildman–Crippen LogP) is 2.07. The third-order valence-electron chi connectivity index (χ3n) is 3.97. The number of aromatic amines is 1. The third kappa shape index (κ3) is 2.89. The molecule has 0 saturated carbocycles. The van der Waals surface area contributed by atoms with Crippen LogP contribution in [0.4, 0.5) is 0 Å². The van der Waals surface area contributed by atoms with Gasteiger partial charge >= 0.3 is 0 Å². The zero-order valence-corrected chi connectivity index (χ0v) is 14.3. The molecule has 3 N–H and O–H groups in total. The lowest BCUT2D eigenvalue weighted by Gasteiger charge is -2.14. The smallest absolute Gasteiger partial charge is 0.259 e. The predicted molar refractivity (Wildman–Crippen MR) is 95.3 cm³/mol. The van der Waals surface area contributed by atoms with E-state index in [1.807, 2.05) is 24.3 Å². The lowest BCUT2D eigenvalue weighted by Crippen LogP contribution is -2.11. The topological polar surface area (TPSA) is 99.5 Å². The van der Waals surface area contributed by atoms with Crippen molar-refractivity contribution in [1.82, 2.24) is 9.97 Å². The summed E-state index contributed by atoms with van der Waals surface area (Å²) in [6, 6.07) is 9.10. The van der Waals surface area contributed by atoms with Gasteiger partial charge in [0.2, 0.25) is 5.75 Å². The van der Waals surface area contributed by atoms with Gasteiger partial charge in [-0.15, -0.1) is 0 Å². The quantitative estimate of drug-likeness (QED) is 0.737. The fourth-order valence-electron chi connectivity index (χ4n) is 2.68. The Bertz CT molecular complexity index is 965. The van der Waals surface area contributed by atoms with Crippen LogP contribution >= 0.6 is 0 Å². The van der Waals surface area contributed by atoms with Crippen LogP contribution in [0, 0.1) is 0 Å². The second-order valence-corrected chi connectivity index (χ2v) is 5.36. The highest BCUT2D eigenvalue weighted by atomic mass is 16.5. The Morgan fingerprint density at radius 2 is 1.72 bits per heavy atom. The number of nitrogens with zero attached hydrogens (tertiary/aromatic N) is 1. The summed E-state index contributed by atoms with van der Waals surface area (Å²) in [5, 5.41) is 0.358. The highest BCUT2D eigenvalue weighted by Crippen LogP contribution is 2.41. The average molecular weight is 341 g/mol. The zero-order chi connectivity index (χ0) is 18.0. The van der Waals surface area contributed by atoms with Crippen LogP contribution in [0.25, 0.3) is 22.3 Å². The summed E-state index contributed by atoms with van der Waals surface area (Å²) in [6.45, 7) is 0.451. The van der Waals surface area contributed by atoms with Crippen LogP contribution in [-0.4, -0.2) is 31.3 Å². The molecule has 1 aromatic heterocycles. The summed E-state index contributed by atoms with van der Waals surface area (Å²) >= 11 is 0. The summed E-state index contributed by atoms with van der Waals surface area (Å²) in [6.07, 6.45) is 0. The van der Waals surface area contributed by atoms with Crippen molar-refractivity contribution in [3.05, 3.63) is 46.2 Å². The van der Waals surface area contributed by atoms with Gasteiger partial charge in [-0.2, -0.15) is 0 Å². The first-order valence-corrected chi connectivity index (χ1v) is 7.65. The van der Waals surface area contributed by atoms with Crippen LogP contribution in [0.1, 0.15) is 5.56 Å². The summed E-state index contributed by atoms with van der Waals surface area (Å²) in [7, 11) is 4.50. The zero-order valence-electron chi connectivity index (χ0n) is 14.3. The number of hydrogen-bond donors (Lipinski definition) is 2. The fourth-order valence-corrected chi connectivity index (χ4v) is 2.68. The number of methoxy groups -OCH3 is 3. The maximum Gasteiger partial charge on any atom is 0.259 e. The first kappa shape index (κ1) is 16.8. The Kier molecular flexibility index (Phi) is 4.58. The van der Waals surface area contributed by atoms with Gasteiger partial charge in [-0.25, -0.2) is 4.98 Å². The second kappa shape index (κ2) is 6.82. The normalized spacial score (nSPS) is 10.7. The highest BCUT2D eigenvalue weighted by molar-refractivity contribution is 5.90. The molecule has 0 unspecified atom stereocenters. The van der Waals surface area contributed by atoms with Crippen molar-refractivity contribution in [2.75, 3.05) is 21.3 Å². The van der Waals surface area contributed by atoms with Crippen molar-refractivity contribution < 1.29 is 14.2 Å². The number of fused-ring (bicyclic) bond motifs is 1. The first-order valence-electron chi connectivity index (χ1n) is 7.65. The van der Waals surface area contributed by atoms with Gasteiger partial charge in [0, 0.05) is 12.1 Å². The maximum atomic E-state index is 12.6. The van der Waals surface area contributed by atoms with Crippen molar-refractivity contribution in [2.24, 2.45) is 5.73 Å². The van der Waals surface area contributed by atoms with Gasteiger partial charge in [-0.1, -0.05) is 24.3 Å². The molecule has 7 heteroatoms. The fraction of sp³-hybridized carbons (Fsp3) is 0.222. The van der Waals surface area contributed by atoms with Crippen LogP contribution in [0.3, 0.4) is 0 Å². The van der Waals surface area contributed by atoms with Gasteiger partial charge in [0.1, 0.15) is 11.3 Å². The second-order valence-electron chi connectivity index (χ2n) is 5.36. The number of nitrogens with one attached hydrogen (secondary N) is 1. The van der Waals surface area contributed by atoms with E-state index in [0.29, 0.717) is 40.5 Å². The summed E-state index contributed by atoms with van der Waals surface area (Å²) in [4.78, 5) is 19.9. The number of nitrogens with two attached hydrogens (primary N) is 1. The average Bonchev–Trinajstić information content (AvgIpc) is 2.66. The Morgan fingerprint density at radius 3 is 2.28 bits per heavy atom.